The zero-order valence-electron chi connectivity index (χ0n) is 7.66. The molecule has 1 aromatic heterocycles. The molecule has 3 nitrogen and oxygen atoms in total. The summed E-state index contributed by atoms with van der Waals surface area (Å²) in [7, 11) is 2.01. The fourth-order valence-electron chi connectivity index (χ4n) is 1.30. The van der Waals surface area contributed by atoms with Crippen LogP contribution < -0.4 is 9.64 Å². The Kier molecular flexibility index (Phi) is 2.00. The van der Waals surface area contributed by atoms with Crippen LogP contribution in [0.1, 0.15) is 16.6 Å². The molecule has 0 saturated heterocycles. The van der Waals surface area contributed by atoms with Crippen LogP contribution in [-0.2, 0) is 0 Å². The van der Waals surface area contributed by atoms with E-state index >= 15 is 0 Å². The number of hydrogen-bond donors (Lipinski definition) is 0. The van der Waals surface area contributed by atoms with Crippen molar-refractivity contribution < 1.29 is 9.53 Å². The van der Waals surface area contributed by atoms with E-state index in [0.717, 1.165) is 22.2 Å². The number of anilines is 1. The standard InChI is InChI=1S/C9H11NO2S/c1-6(11)8-5-7-9(13-8)12-4-3-10(7)2/h5H,3-4H2,1-2H3. The van der Waals surface area contributed by atoms with Crippen molar-refractivity contribution in [1.82, 2.24) is 0 Å². The summed E-state index contributed by atoms with van der Waals surface area (Å²) in [5, 5.41) is 0.874. The van der Waals surface area contributed by atoms with Crippen LogP contribution in [0.3, 0.4) is 0 Å². The van der Waals surface area contributed by atoms with E-state index in [0.29, 0.717) is 6.61 Å². The van der Waals surface area contributed by atoms with Crippen molar-refractivity contribution in [1.29, 1.82) is 0 Å². The Morgan fingerprint density at radius 1 is 1.69 bits per heavy atom. The summed E-state index contributed by atoms with van der Waals surface area (Å²) in [5.41, 5.74) is 1.04. The first-order valence-corrected chi connectivity index (χ1v) is 4.99. The average molecular weight is 197 g/mol. The van der Waals surface area contributed by atoms with Crippen LogP contribution in [0.2, 0.25) is 0 Å². The maximum Gasteiger partial charge on any atom is 0.198 e. The van der Waals surface area contributed by atoms with E-state index < -0.39 is 0 Å². The fraction of sp³-hybridized carbons (Fsp3) is 0.444. The van der Waals surface area contributed by atoms with Gasteiger partial charge in [-0.15, -0.1) is 0 Å². The first kappa shape index (κ1) is 8.56. The van der Waals surface area contributed by atoms with E-state index in [1.807, 2.05) is 13.1 Å². The number of ketones is 1. The monoisotopic (exact) mass is 197 g/mol. The van der Waals surface area contributed by atoms with E-state index in [9.17, 15) is 4.79 Å². The summed E-state index contributed by atoms with van der Waals surface area (Å²) < 4.78 is 5.45. The van der Waals surface area contributed by atoms with Crippen LogP contribution in [0.15, 0.2) is 6.07 Å². The molecule has 2 rings (SSSR count). The number of hydrogen-bond acceptors (Lipinski definition) is 4. The molecule has 0 aromatic carbocycles. The van der Waals surface area contributed by atoms with Crippen molar-refractivity contribution in [2.45, 2.75) is 6.92 Å². The maximum atomic E-state index is 11.1. The van der Waals surface area contributed by atoms with E-state index in [1.54, 1.807) is 6.92 Å². The van der Waals surface area contributed by atoms with Gasteiger partial charge >= 0.3 is 0 Å². The van der Waals surface area contributed by atoms with Crippen LogP contribution in [0.25, 0.3) is 0 Å². The van der Waals surface area contributed by atoms with Gasteiger partial charge in [-0.2, -0.15) is 0 Å². The minimum Gasteiger partial charge on any atom is -0.480 e. The first-order valence-electron chi connectivity index (χ1n) is 4.17. The molecule has 0 atom stereocenters. The van der Waals surface area contributed by atoms with Gasteiger partial charge in [-0.3, -0.25) is 4.79 Å². The zero-order chi connectivity index (χ0) is 9.42. The molecule has 4 heteroatoms. The SMILES string of the molecule is CC(=O)c1cc2c(s1)OCCN2C. The van der Waals surface area contributed by atoms with Crippen molar-refractivity contribution in [2.24, 2.45) is 0 Å². The number of likely N-dealkylation sites (N-methyl/N-ethyl adjacent to an activating group) is 1. The molecule has 0 aliphatic carbocycles. The van der Waals surface area contributed by atoms with Gasteiger partial charge in [-0.25, -0.2) is 0 Å². The van der Waals surface area contributed by atoms with E-state index in [4.69, 9.17) is 4.74 Å². The Labute approximate surface area is 80.9 Å². The Bertz CT molecular complexity index is 345. The number of nitrogens with zero attached hydrogens (tertiary/aromatic N) is 1. The van der Waals surface area contributed by atoms with Crippen LogP contribution in [0, 0.1) is 0 Å². The zero-order valence-corrected chi connectivity index (χ0v) is 8.48. The van der Waals surface area contributed by atoms with Gasteiger partial charge < -0.3 is 9.64 Å². The van der Waals surface area contributed by atoms with E-state index in [2.05, 4.69) is 4.90 Å². The van der Waals surface area contributed by atoms with E-state index in [-0.39, 0.29) is 5.78 Å². The molecule has 1 aliphatic rings. The van der Waals surface area contributed by atoms with Crippen molar-refractivity contribution >= 4 is 22.8 Å². The third-order valence-electron chi connectivity index (χ3n) is 2.10. The lowest BCUT2D eigenvalue weighted by atomic mass is 10.3. The summed E-state index contributed by atoms with van der Waals surface area (Å²) >= 11 is 1.43. The van der Waals surface area contributed by atoms with Gasteiger partial charge in [-0.05, 0) is 13.0 Å². The quantitative estimate of drug-likeness (QED) is 0.643. The summed E-state index contributed by atoms with van der Waals surface area (Å²) in [6.45, 7) is 3.18. The van der Waals surface area contributed by atoms with Gasteiger partial charge in [0, 0.05) is 7.05 Å². The second-order valence-corrected chi connectivity index (χ2v) is 4.12. The molecular weight excluding hydrogens is 186 g/mol. The van der Waals surface area contributed by atoms with Gasteiger partial charge in [0.1, 0.15) is 6.61 Å². The molecular formula is C9H11NO2S. The highest BCUT2D eigenvalue weighted by atomic mass is 32.1. The predicted octanol–water partition coefficient (Wildman–Crippen LogP) is 1.78. The molecule has 0 fully saturated rings. The van der Waals surface area contributed by atoms with Crippen molar-refractivity contribution in [3.05, 3.63) is 10.9 Å². The Morgan fingerprint density at radius 2 is 2.46 bits per heavy atom. The smallest absolute Gasteiger partial charge is 0.198 e. The summed E-state index contributed by atoms with van der Waals surface area (Å²) in [4.78, 5) is 14.0. The molecule has 0 spiro atoms. The van der Waals surface area contributed by atoms with Crippen LogP contribution in [-0.4, -0.2) is 26.0 Å². The summed E-state index contributed by atoms with van der Waals surface area (Å²) in [5.74, 6) is 0.108. The van der Waals surface area contributed by atoms with Crippen LogP contribution in [0.4, 0.5) is 5.69 Å². The second-order valence-electron chi connectivity index (χ2n) is 3.11. The second kappa shape index (κ2) is 3.03. The number of Topliss-reactive ketones (excluding diaryl/α,β-unsaturated/α-hetero) is 1. The lowest BCUT2D eigenvalue weighted by Gasteiger charge is -2.24. The Balaban J connectivity index is 2.42. The molecule has 0 unspecified atom stereocenters. The normalized spacial score (nSPS) is 15.1. The minimum atomic E-state index is 0.108. The van der Waals surface area contributed by atoms with Crippen LogP contribution in [0.5, 0.6) is 5.06 Å². The number of carbonyl (C=O) groups is 1. The molecule has 0 bridgehead atoms. The minimum absolute atomic E-state index is 0.108. The molecule has 2 heterocycles. The number of rotatable bonds is 1. The largest absolute Gasteiger partial charge is 0.480 e. The number of ether oxygens (including phenoxy) is 1. The van der Waals surface area contributed by atoms with Gasteiger partial charge in [0.25, 0.3) is 0 Å². The fourth-order valence-corrected chi connectivity index (χ4v) is 2.28. The molecule has 0 N–H and O–H groups in total. The van der Waals surface area contributed by atoms with Crippen molar-refractivity contribution in [3.63, 3.8) is 0 Å². The highest BCUT2D eigenvalue weighted by Crippen LogP contribution is 2.39. The van der Waals surface area contributed by atoms with Crippen LogP contribution >= 0.6 is 11.3 Å². The third kappa shape index (κ3) is 1.42. The average Bonchev–Trinajstić information content (AvgIpc) is 2.49. The number of thiophene rings is 1. The molecule has 70 valence electrons. The molecule has 1 aliphatic heterocycles. The topological polar surface area (TPSA) is 29.5 Å². The third-order valence-corrected chi connectivity index (χ3v) is 3.24. The van der Waals surface area contributed by atoms with Crippen molar-refractivity contribution in [3.8, 4) is 5.06 Å². The summed E-state index contributed by atoms with van der Waals surface area (Å²) in [6, 6.07) is 1.90. The lowest BCUT2D eigenvalue weighted by molar-refractivity contribution is 0.102. The van der Waals surface area contributed by atoms with E-state index in [1.165, 1.54) is 11.3 Å². The molecule has 0 radical (unpaired) electrons. The predicted molar refractivity (Wildman–Crippen MR) is 53.1 cm³/mol. The van der Waals surface area contributed by atoms with Gasteiger partial charge in [0.05, 0.1) is 17.1 Å². The maximum absolute atomic E-state index is 11.1. The highest BCUT2D eigenvalue weighted by Gasteiger charge is 2.19. The van der Waals surface area contributed by atoms with Gasteiger partial charge in [-0.1, -0.05) is 11.3 Å². The molecule has 0 saturated carbocycles. The Hall–Kier alpha value is -1.03. The number of carbonyl (C=O) groups excluding carboxylic acids is 1. The number of fused-ring (bicyclic) bond motifs is 1. The molecule has 1 aromatic rings. The van der Waals surface area contributed by atoms with Gasteiger partial charge in [0.15, 0.2) is 10.8 Å². The van der Waals surface area contributed by atoms with Gasteiger partial charge in [0.2, 0.25) is 0 Å². The molecule has 13 heavy (non-hydrogen) atoms. The first-order chi connectivity index (χ1) is 6.18. The lowest BCUT2D eigenvalue weighted by Crippen LogP contribution is -2.27. The molecule has 0 amide bonds. The van der Waals surface area contributed by atoms with Crippen molar-refractivity contribution in [2.75, 3.05) is 25.1 Å². The summed E-state index contributed by atoms with van der Waals surface area (Å²) in [6.07, 6.45) is 0. The Morgan fingerprint density at radius 3 is 3.08 bits per heavy atom. The highest BCUT2D eigenvalue weighted by molar-refractivity contribution is 7.16.